The molecule has 1 rings (SSSR count). The molecule has 0 fully saturated rings. The molecule has 0 unspecified atom stereocenters. The Bertz CT molecular complexity index is 208. The van der Waals surface area contributed by atoms with Crippen molar-refractivity contribution in [3.63, 3.8) is 0 Å². The van der Waals surface area contributed by atoms with Crippen molar-refractivity contribution in [3.8, 4) is 0 Å². The van der Waals surface area contributed by atoms with Crippen molar-refractivity contribution in [2.45, 2.75) is 0 Å². The fourth-order valence-electron chi connectivity index (χ4n) is 0.415. The Morgan fingerprint density at radius 3 is 1.90 bits per heavy atom. The number of halogens is 1. The molecule has 54 valence electrons. The first-order valence-electron chi connectivity index (χ1n) is 2.47. The summed E-state index contributed by atoms with van der Waals surface area (Å²) < 4.78 is 26.0. The van der Waals surface area contributed by atoms with E-state index in [1.54, 1.807) is 18.2 Å². The molecule has 0 aliphatic rings. The van der Waals surface area contributed by atoms with Crippen LogP contribution >= 0.6 is 0 Å². The maximum atomic E-state index is 11.9. The van der Waals surface area contributed by atoms with Gasteiger partial charge in [0, 0.05) is 0 Å². The second kappa shape index (κ2) is 6.10. The standard InChI is InChI=1S/C6H5F.HNOS/c7-6-4-2-1-3-5-6;1-3-2/h1-5H;1H. The molecule has 0 radical (unpaired) electrons. The van der Waals surface area contributed by atoms with Gasteiger partial charge in [-0.05, 0) is 12.1 Å². The van der Waals surface area contributed by atoms with Gasteiger partial charge in [0.1, 0.15) is 5.82 Å². The van der Waals surface area contributed by atoms with Crippen molar-refractivity contribution < 1.29 is 8.60 Å². The third-order valence-electron chi connectivity index (χ3n) is 0.733. The van der Waals surface area contributed by atoms with Crippen LogP contribution in [0.15, 0.2) is 30.3 Å². The Labute approximate surface area is 61.7 Å². The molecule has 0 saturated carbocycles. The van der Waals surface area contributed by atoms with Crippen LogP contribution in [0.2, 0.25) is 0 Å². The Morgan fingerprint density at radius 1 is 1.30 bits per heavy atom. The van der Waals surface area contributed by atoms with Crippen LogP contribution in [0.5, 0.6) is 0 Å². The van der Waals surface area contributed by atoms with Crippen molar-refractivity contribution in [1.29, 1.82) is 4.78 Å². The van der Waals surface area contributed by atoms with E-state index in [0.29, 0.717) is 0 Å². The van der Waals surface area contributed by atoms with Gasteiger partial charge in [0.2, 0.25) is 0 Å². The second-order valence-electron chi connectivity index (χ2n) is 1.38. The van der Waals surface area contributed by atoms with Gasteiger partial charge in [-0.2, -0.15) is 4.21 Å². The highest BCUT2D eigenvalue weighted by Crippen LogP contribution is 1.91. The van der Waals surface area contributed by atoms with E-state index in [9.17, 15) is 4.39 Å². The smallest absolute Gasteiger partial charge is 0.196 e. The lowest BCUT2D eigenvalue weighted by Gasteiger charge is -1.78. The van der Waals surface area contributed by atoms with Gasteiger partial charge in [-0.15, -0.1) is 0 Å². The van der Waals surface area contributed by atoms with Crippen LogP contribution in [0.1, 0.15) is 0 Å². The SMILES string of the molecule is Fc1ccccc1.N=S=O. The second-order valence-corrected chi connectivity index (χ2v) is 1.55. The fraction of sp³-hybridized carbons (Fsp3) is 0. The summed E-state index contributed by atoms with van der Waals surface area (Å²) in [6.45, 7) is 0. The van der Waals surface area contributed by atoms with E-state index in [4.69, 9.17) is 8.99 Å². The van der Waals surface area contributed by atoms with E-state index in [-0.39, 0.29) is 17.3 Å². The van der Waals surface area contributed by atoms with E-state index in [1.807, 2.05) is 0 Å². The minimum Gasteiger partial charge on any atom is -0.210 e. The van der Waals surface area contributed by atoms with Crippen molar-refractivity contribution in [1.82, 2.24) is 0 Å². The zero-order valence-electron chi connectivity index (χ0n) is 5.08. The molecule has 0 saturated heterocycles. The Morgan fingerprint density at radius 2 is 1.70 bits per heavy atom. The number of hydrogen-bond donors (Lipinski definition) is 1. The van der Waals surface area contributed by atoms with Gasteiger partial charge in [0.25, 0.3) is 0 Å². The highest BCUT2D eigenvalue weighted by molar-refractivity contribution is 7.53. The largest absolute Gasteiger partial charge is 0.210 e. The summed E-state index contributed by atoms with van der Waals surface area (Å²) in [7, 11) is 0. The number of nitrogens with one attached hydrogen (secondary N) is 1. The topological polar surface area (TPSA) is 40.9 Å². The van der Waals surface area contributed by atoms with E-state index < -0.39 is 0 Å². The monoisotopic (exact) mass is 159 g/mol. The van der Waals surface area contributed by atoms with Gasteiger partial charge in [-0.25, -0.2) is 9.17 Å². The average molecular weight is 159 g/mol. The van der Waals surface area contributed by atoms with Crippen LogP contribution in [0, 0.1) is 10.6 Å². The molecule has 2 nitrogen and oxygen atoms in total. The summed E-state index contributed by atoms with van der Waals surface area (Å²) in [5.74, 6) is -0.178. The quantitative estimate of drug-likeness (QED) is 0.616. The lowest BCUT2D eigenvalue weighted by Crippen LogP contribution is -1.63. The highest BCUT2D eigenvalue weighted by Gasteiger charge is 1.77. The summed E-state index contributed by atoms with van der Waals surface area (Å²) in [6.07, 6.45) is 0. The van der Waals surface area contributed by atoms with Crippen molar-refractivity contribution in [2.75, 3.05) is 0 Å². The minimum absolute atomic E-state index is 0.178. The molecule has 1 aromatic carbocycles. The third kappa shape index (κ3) is 5.11. The molecule has 0 atom stereocenters. The van der Waals surface area contributed by atoms with Crippen LogP contribution in [0.3, 0.4) is 0 Å². The van der Waals surface area contributed by atoms with Crippen LogP contribution in [-0.4, -0.2) is 4.21 Å². The molecule has 0 spiro atoms. The predicted octanol–water partition coefficient (Wildman–Crippen LogP) is 1.79. The average Bonchev–Trinajstić information content (AvgIpc) is 1.91. The first kappa shape index (κ1) is 8.97. The normalized spacial score (nSPS) is 7.30. The van der Waals surface area contributed by atoms with Gasteiger partial charge in [0.15, 0.2) is 11.5 Å². The van der Waals surface area contributed by atoms with E-state index in [2.05, 4.69) is 0 Å². The summed E-state index contributed by atoms with van der Waals surface area (Å²) in [4.78, 5) is 0. The first-order valence-corrected chi connectivity index (χ1v) is 3.21. The predicted molar refractivity (Wildman–Crippen MR) is 37.3 cm³/mol. The van der Waals surface area contributed by atoms with Crippen molar-refractivity contribution in [3.05, 3.63) is 36.1 Å². The van der Waals surface area contributed by atoms with Crippen LogP contribution < -0.4 is 0 Å². The number of benzene rings is 1. The van der Waals surface area contributed by atoms with Crippen LogP contribution in [-0.2, 0) is 11.5 Å². The molecule has 0 bridgehead atoms. The molecule has 10 heavy (non-hydrogen) atoms. The van der Waals surface area contributed by atoms with Crippen molar-refractivity contribution >= 4 is 11.5 Å². The summed E-state index contributed by atoms with van der Waals surface area (Å²) >= 11 is -0.250. The number of hydrogen-bond acceptors (Lipinski definition) is 2. The van der Waals surface area contributed by atoms with Gasteiger partial charge in [-0.3, -0.25) is 0 Å². The summed E-state index contributed by atoms with van der Waals surface area (Å²) in [6, 6.07) is 7.94. The summed E-state index contributed by atoms with van der Waals surface area (Å²) in [5.41, 5.74) is 0. The third-order valence-corrected chi connectivity index (χ3v) is 0.733. The molecule has 4 heteroatoms. The van der Waals surface area contributed by atoms with E-state index in [1.165, 1.54) is 12.1 Å². The van der Waals surface area contributed by atoms with Gasteiger partial charge in [0.05, 0.1) is 0 Å². The molecule has 1 aromatic rings. The molecular weight excluding hydrogens is 153 g/mol. The molecule has 0 amide bonds. The lowest BCUT2D eigenvalue weighted by atomic mass is 10.4. The van der Waals surface area contributed by atoms with Gasteiger partial charge in [-0.1, -0.05) is 18.2 Å². The fourth-order valence-corrected chi connectivity index (χ4v) is 0.415. The molecule has 0 aromatic heterocycles. The van der Waals surface area contributed by atoms with Crippen LogP contribution in [0.4, 0.5) is 4.39 Å². The molecule has 0 heterocycles. The van der Waals surface area contributed by atoms with E-state index >= 15 is 0 Å². The van der Waals surface area contributed by atoms with Gasteiger partial charge >= 0.3 is 0 Å². The van der Waals surface area contributed by atoms with Crippen molar-refractivity contribution in [2.24, 2.45) is 0 Å². The Balaban J connectivity index is 0.000000236. The zero-order valence-corrected chi connectivity index (χ0v) is 5.90. The molecule has 1 N–H and O–H groups in total. The Hall–Kier alpha value is -1.03. The minimum atomic E-state index is -0.250. The first-order chi connectivity index (χ1) is 4.81. The maximum absolute atomic E-state index is 11.9. The maximum Gasteiger partial charge on any atom is 0.196 e. The molecule has 0 aliphatic carbocycles. The zero-order chi connectivity index (χ0) is 7.82. The summed E-state index contributed by atoms with van der Waals surface area (Å²) in [5, 5.41) is 0. The molecule has 0 aliphatic heterocycles. The van der Waals surface area contributed by atoms with Crippen LogP contribution in [0.25, 0.3) is 0 Å². The molecular formula is C6H6FNOS. The lowest BCUT2D eigenvalue weighted by molar-refractivity contribution is 0.628. The Kier molecular flexibility index (Phi) is 5.47. The number of rotatable bonds is 0. The van der Waals surface area contributed by atoms with E-state index in [0.717, 1.165) is 0 Å². The highest BCUT2D eigenvalue weighted by atomic mass is 32.1. The van der Waals surface area contributed by atoms with Gasteiger partial charge < -0.3 is 0 Å².